The number of anilines is 1. The van der Waals surface area contributed by atoms with Gasteiger partial charge in [0.25, 0.3) is 0 Å². The van der Waals surface area contributed by atoms with Gasteiger partial charge >= 0.3 is 5.97 Å². The molecule has 0 fully saturated rings. The molecule has 0 saturated carbocycles. The van der Waals surface area contributed by atoms with Crippen molar-refractivity contribution in [2.75, 3.05) is 12.4 Å². The van der Waals surface area contributed by atoms with Crippen LogP contribution in [0.25, 0.3) is 0 Å². The van der Waals surface area contributed by atoms with E-state index in [1.807, 2.05) is 19.1 Å². The number of aryl methyl sites for hydroxylation is 2. The monoisotopic (exact) mass is 287 g/mol. The molecule has 0 atom stereocenters. The van der Waals surface area contributed by atoms with Crippen LogP contribution >= 0.6 is 0 Å². The maximum absolute atomic E-state index is 13.2. The second-order valence-electron chi connectivity index (χ2n) is 4.96. The Labute approximate surface area is 123 Å². The average Bonchev–Trinajstić information content (AvgIpc) is 2.48. The third-order valence-corrected chi connectivity index (χ3v) is 3.35. The van der Waals surface area contributed by atoms with E-state index in [0.717, 1.165) is 16.8 Å². The lowest BCUT2D eigenvalue weighted by Gasteiger charge is -2.11. The molecule has 2 aromatic carbocycles. The number of methoxy groups -OCH3 is 1. The quantitative estimate of drug-likeness (QED) is 0.868. The van der Waals surface area contributed by atoms with Crippen molar-refractivity contribution in [1.82, 2.24) is 0 Å². The van der Waals surface area contributed by atoms with Gasteiger partial charge in [0.15, 0.2) is 0 Å². The van der Waals surface area contributed by atoms with Gasteiger partial charge < -0.3 is 10.1 Å². The zero-order valence-corrected chi connectivity index (χ0v) is 12.4. The van der Waals surface area contributed by atoms with Crippen molar-refractivity contribution in [1.29, 1.82) is 0 Å². The number of rotatable bonds is 4. The first kappa shape index (κ1) is 15.0. The Morgan fingerprint density at radius 2 is 1.90 bits per heavy atom. The van der Waals surface area contributed by atoms with Crippen molar-refractivity contribution in [2.45, 2.75) is 20.4 Å². The second kappa shape index (κ2) is 6.39. The van der Waals surface area contributed by atoms with Crippen molar-refractivity contribution in [3.8, 4) is 0 Å². The lowest BCUT2D eigenvalue weighted by Crippen LogP contribution is -2.05. The molecule has 0 unspecified atom stereocenters. The number of halogens is 1. The number of carbonyl (C=O) groups is 1. The van der Waals surface area contributed by atoms with Crippen LogP contribution in [0.1, 0.15) is 27.0 Å². The highest BCUT2D eigenvalue weighted by molar-refractivity contribution is 5.90. The highest BCUT2D eigenvalue weighted by atomic mass is 19.1. The Morgan fingerprint density at radius 1 is 1.14 bits per heavy atom. The van der Waals surface area contributed by atoms with E-state index in [0.29, 0.717) is 17.7 Å². The summed E-state index contributed by atoms with van der Waals surface area (Å²) in [6.45, 7) is 4.26. The van der Waals surface area contributed by atoms with Crippen molar-refractivity contribution in [3.05, 3.63) is 64.5 Å². The fraction of sp³-hybridized carbons (Fsp3) is 0.235. The van der Waals surface area contributed by atoms with Crippen LogP contribution < -0.4 is 5.32 Å². The van der Waals surface area contributed by atoms with Crippen LogP contribution in [0.4, 0.5) is 10.1 Å². The summed E-state index contributed by atoms with van der Waals surface area (Å²) < 4.78 is 17.9. The molecule has 4 heteroatoms. The van der Waals surface area contributed by atoms with Crippen molar-refractivity contribution in [2.24, 2.45) is 0 Å². The minimum Gasteiger partial charge on any atom is -0.465 e. The molecule has 3 nitrogen and oxygen atoms in total. The lowest BCUT2D eigenvalue weighted by molar-refractivity contribution is 0.0600. The number of carbonyl (C=O) groups excluding carboxylic acids is 1. The molecular weight excluding hydrogens is 269 g/mol. The van der Waals surface area contributed by atoms with Crippen LogP contribution in [-0.2, 0) is 11.3 Å². The lowest BCUT2D eigenvalue weighted by atomic mass is 10.1. The molecule has 0 aliphatic carbocycles. The molecule has 1 N–H and O–H groups in total. The van der Waals surface area contributed by atoms with E-state index in [4.69, 9.17) is 0 Å². The summed E-state index contributed by atoms with van der Waals surface area (Å²) in [5.74, 6) is -0.545. The van der Waals surface area contributed by atoms with Gasteiger partial charge in [0.05, 0.1) is 12.7 Å². The van der Waals surface area contributed by atoms with Crippen LogP contribution in [0.15, 0.2) is 36.4 Å². The number of nitrogens with one attached hydrogen (secondary N) is 1. The molecular formula is C17H18FNO2. The summed E-state index contributed by atoms with van der Waals surface area (Å²) in [6, 6.07) is 10.4. The van der Waals surface area contributed by atoms with Gasteiger partial charge in [0.1, 0.15) is 5.82 Å². The molecule has 0 aliphatic rings. The van der Waals surface area contributed by atoms with E-state index in [1.54, 1.807) is 25.1 Å². The van der Waals surface area contributed by atoms with Gasteiger partial charge in [-0.05, 0) is 54.8 Å². The van der Waals surface area contributed by atoms with Gasteiger partial charge in [-0.25, -0.2) is 9.18 Å². The summed E-state index contributed by atoms with van der Waals surface area (Å²) in [4.78, 5) is 11.4. The molecule has 0 heterocycles. The Balaban J connectivity index is 2.09. The van der Waals surface area contributed by atoms with Gasteiger partial charge in [-0.2, -0.15) is 0 Å². The zero-order chi connectivity index (χ0) is 15.4. The maximum atomic E-state index is 13.2. The minimum atomic E-state index is -0.348. The first-order valence-electron chi connectivity index (χ1n) is 6.69. The standard InChI is InChI=1S/C17H18FNO2/c1-11-8-13(4-6-15(11)18)10-19-16-7-5-14(9-12(16)2)17(20)21-3/h4-9,19H,10H2,1-3H3. The average molecular weight is 287 g/mol. The smallest absolute Gasteiger partial charge is 0.337 e. The Morgan fingerprint density at radius 3 is 2.52 bits per heavy atom. The van der Waals surface area contributed by atoms with E-state index >= 15 is 0 Å². The minimum absolute atomic E-state index is 0.197. The molecule has 110 valence electrons. The Hall–Kier alpha value is -2.36. The third kappa shape index (κ3) is 3.60. The summed E-state index contributed by atoms with van der Waals surface area (Å²) >= 11 is 0. The first-order valence-corrected chi connectivity index (χ1v) is 6.69. The molecule has 0 saturated heterocycles. The van der Waals surface area contributed by atoms with Crippen LogP contribution in [0.5, 0.6) is 0 Å². The molecule has 2 aromatic rings. The highest BCUT2D eigenvalue weighted by Gasteiger charge is 2.07. The number of hydrogen-bond donors (Lipinski definition) is 1. The van der Waals surface area contributed by atoms with E-state index in [1.165, 1.54) is 13.2 Å². The first-order chi connectivity index (χ1) is 10.0. The Bertz CT molecular complexity index is 668. The maximum Gasteiger partial charge on any atom is 0.337 e. The topological polar surface area (TPSA) is 38.3 Å². The van der Waals surface area contributed by atoms with Gasteiger partial charge in [-0.1, -0.05) is 12.1 Å². The highest BCUT2D eigenvalue weighted by Crippen LogP contribution is 2.18. The Kier molecular flexibility index (Phi) is 4.58. The third-order valence-electron chi connectivity index (χ3n) is 3.35. The van der Waals surface area contributed by atoms with E-state index in [-0.39, 0.29) is 11.8 Å². The molecule has 0 aliphatic heterocycles. The van der Waals surface area contributed by atoms with E-state index in [9.17, 15) is 9.18 Å². The van der Waals surface area contributed by atoms with Gasteiger partial charge in [-0.15, -0.1) is 0 Å². The van der Waals surface area contributed by atoms with Crippen LogP contribution in [0.2, 0.25) is 0 Å². The molecule has 2 rings (SSSR count). The predicted octanol–water partition coefficient (Wildman–Crippen LogP) is 3.84. The van der Waals surface area contributed by atoms with Gasteiger partial charge in [0, 0.05) is 12.2 Å². The SMILES string of the molecule is COC(=O)c1ccc(NCc2ccc(F)c(C)c2)c(C)c1. The fourth-order valence-electron chi connectivity index (χ4n) is 2.12. The molecule has 21 heavy (non-hydrogen) atoms. The van der Waals surface area contributed by atoms with E-state index < -0.39 is 0 Å². The number of benzene rings is 2. The second-order valence-corrected chi connectivity index (χ2v) is 4.96. The van der Waals surface area contributed by atoms with Gasteiger partial charge in [0.2, 0.25) is 0 Å². The molecule has 0 aromatic heterocycles. The molecule has 0 radical (unpaired) electrons. The largest absolute Gasteiger partial charge is 0.465 e. The van der Waals surface area contributed by atoms with Gasteiger partial charge in [-0.3, -0.25) is 0 Å². The summed E-state index contributed by atoms with van der Waals surface area (Å²) in [6.07, 6.45) is 0. The number of esters is 1. The molecule has 0 bridgehead atoms. The van der Waals surface area contributed by atoms with Crippen molar-refractivity contribution < 1.29 is 13.9 Å². The predicted molar refractivity (Wildman–Crippen MR) is 81.0 cm³/mol. The zero-order valence-electron chi connectivity index (χ0n) is 12.4. The summed E-state index contributed by atoms with van der Waals surface area (Å²) in [5, 5.41) is 3.29. The number of ether oxygens (including phenoxy) is 1. The molecule has 0 spiro atoms. The summed E-state index contributed by atoms with van der Waals surface area (Å²) in [7, 11) is 1.36. The number of hydrogen-bond acceptors (Lipinski definition) is 3. The molecule has 0 amide bonds. The summed E-state index contributed by atoms with van der Waals surface area (Å²) in [5.41, 5.74) is 4.05. The van der Waals surface area contributed by atoms with Crippen LogP contribution in [0, 0.1) is 19.7 Å². The van der Waals surface area contributed by atoms with Crippen molar-refractivity contribution >= 4 is 11.7 Å². The fourth-order valence-corrected chi connectivity index (χ4v) is 2.12. The van der Waals surface area contributed by atoms with Crippen LogP contribution in [-0.4, -0.2) is 13.1 Å². The van der Waals surface area contributed by atoms with Crippen LogP contribution in [0.3, 0.4) is 0 Å². The van der Waals surface area contributed by atoms with E-state index in [2.05, 4.69) is 10.1 Å². The van der Waals surface area contributed by atoms with Crippen molar-refractivity contribution in [3.63, 3.8) is 0 Å². The normalized spacial score (nSPS) is 10.3.